The molecule has 2 aromatic rings. The van der Waals surface area contributed by atoms with Gasteiger partial charge in [-0.1, -0.05) is 48.0 Å². The van der Waals surface area contributed by atoms with Crippen LogP contribution in [0.15, 0.2) is 54.6 Å². The van der Waals surface area contributed by atoms with E-state index in [0.29, 0.717) is 13.0 Å². The van der Waals surface area contributed by atoms with Gasteiger partial charge in [0.25, 0.3) is 0 Å². The molecular weight excluding hydrogens is 314 g/mol. The third-order valence-electron chi connectivity index (χ3n) is 4.45. The third-order valence-corrected chi connectivity index (χ3v) is 4.45. The maximum absolute atomic E-state index is 12.2. The lowest BCUT2D eigenvalue weighted by Crippen LogP contribution is -2.44. The lowest BCUT2D eigenvalue weighted by Gasteiger charge is -2.19. The fourth-order valence-electron chi connectivity index (χ4n) is 3.03. The maximum atomic E-state index is 12.2. The second-order valence-electron chi connectivity index (χ2n) is 6.49. The zero-order valence-corrected chi connectivity index (χ0v) is 14.5. The summed E-state index contributed by atoms with van der Waals surface area (Å²) >= 11 is 0. The van der Waals surface area contributed by atoms with Crippen LogP contribution in [0, 0.1) is 6.92 Å². The number of hydrogen-bond donors (Lipinski definition) is 2. The standard InChI is InChI=1S/C20H23N3O2/c1-14-8-10-18(11-9-14)23-13-17(12-19(23)24)22-20(25)21-15(2)16-6-4-3-5-7-16/h3-11,15,17H,12-13H2,1-2H3,(H2,21,22,25)/t15-,17+/m0/s1. The number of nitrogens with zero attached hydrogens (tertiary/aromatic N) is 1. The van der Waals surface area contributed by atoms with E-state index in [0.717, 1.165) is 16.8 Å². The summed E-state index contributed by atoms with van der Waals surface area (Å²) in [7, 11) is 0. The van der Waals surface area contributed by atoms with E-state index in [1.54, 1.807) is 4.90 Å². The molecule has 2 N–H and O–H groups in total. The van der Waals surface area contributed by atoms with E-state index in [1.807, 2.05) is 68.4 Å². The first-order chi connectivity index (χ1) is 12.0. The summed E-state index contributed by atoms with van der Waals surface area (Å²) in [5, 5.41) is 5.83. The Labute approximate surface area is 148 Å². The Morgan fingerprint density at radius 2 is 1.80 bits per heavy atom. The van der Waals surface area contributed by atoms with Crippen LogP contribution in [-0.4, -0.2) is 24.5 Å². The van der Waals surface area contributed by atoms with Gasteiger partial charge in [0.15, 0.2) is 0 Å². The second kappa shape index (κ2) is 7.38. The van der Waals surface area contributed by atoms with Crippen molar-refractivity contribution in [3.05, 3.63) is 65.7 Å². The van der Waals surface area contributed by atoms with Gasteiger partial charge < -0.3 is 15.5 Å². The molecule has 3 amide bonds. The van der Waals surface area contributed by atoms with Crippen LogP contribution >= 0.6 is 0 Å². The summed E-state index contributed by atoms with van der Waals surface area (Å²) in [4.78, 5) is 26.2. The van der Waals surface area contributed by atoms with Crippen molar-refractivity contribution in [3.8, 4) is 0 Å². The van der Waals surface area contributed by atoms with Gasteiger partial charge in [0.2, 0.25) is 5.91 Å². The first-order valence-corrected chi connectivity index (χ1v) is 8.52. The van der Waals surface area contributed by atoms with Crippen LogP contribution in [0.2, 0.25) is 0 Å². The monoisotopic (exact) mass is 337 g/mol. The second-order valence-corrected chi connectivity index (χ2v) is 6.49. The minimum Gasteiger partial charge on any atom is -0.333 e. The van der Waals surface area contributed by atoms with Gasteiger partial charge in [-0.15, -0.1) is 0 Å². The van der Waals surface area contributed by atoms with Crippen LogP contribution in [0.25, 0.3) is 0 Å². The van der Waals surface area contributed by atoms with Crippen LogP contribution in [-0.2, 0) is 4.79 Å². The van der Waals surface area contributed by atoms with E-state index < -0.39 is 0 Å². The maximum Gasteiger partial charge on any atom is 0.315 e. The fourth-order valence-corrected chi connectivity index (χ4v) is 3.03. The highest BCUT2D eigenvalue weighted by Crippen LogP contribution is 2.22. The quantitative estimate of drug-likeness (QED) is 0.900. The van der Waals surface area contributed by atoms with Crippen LogP contribution in [0.3, 0.4) is 0 Å². The molecule has 2 atom stereocenters. The lowest BCUT2D eigenvalue weighted by molar-refractivity contribution is -0.117. The van der Waals surface area contributed by atoms with Crippen LogP contribution in [0.5, 0.6) is 0 Å². The molecule has 1 aliphatic rings. The number of rotatable bonds is 4. The molecule has 5 nitrogen and oxygen atoms in total. The average molecular weight is 337 g/mol. The van der Waals surface area contributed by atoms with Crippen molar-refractivity contribution >= 4 is 17.6 Å². The Hall–Kier alpha value is -2.82. The molecule has 0 spiro atoms. The summed E-state index contributed by atoms with van der Waals surface area (Å²) in [6, 6.07) is 17.1. The summed E-state index contributed by atoms with van der Waals surface area (Å²) < 4.78 is 0. The molecule has 0 bridgehead atoms. The molecule has 0 radical (unpaired) electrons. The number of carbonyl (C=O) groups is 2. The molecule has 1 heterocycles. The molecular formula is C20H23N3O2. The largest absolute Gasteiger partial charge is 0.333 e. The first-order valence-electron chi connectivity index (χ1n) is 8.52. The zero-order chi connectivity index (χ0) is 17.8. The Morgan fingerprint density at radius 1 is 1.12 bits per heavy atom. The Balaban J connectivity index is 1.56. The lowest BCUT2D eigenvalue weighted by atomic mass is 10.1. The highest BCUT2D eigenvalue weighted by Gasteiger charge is 2.31. The summed E-state index contributed by atoms with van der Waals surface area (Å²) in [6.07, 6.45) is 0.320. The van der Waals surface area contributed by atoms with E-state index in [4.69, 9.17) is 0 Å². The van der Waals surface area contributed by atoms with Gasteiger partial charge in [-0.2, -0.15) is 0 Å². The molecule has 3 rings (SSSR count). The SMILES string of the molecule is Cc1ccc(N2C[C@H](NC(=O)N[C@@H](C)c3ccccc3)CC2=O)cc1. The number of anilines is 1. The molecule has 0 aromatic heterocycles. The average Bonchev–Trinajstić information content (AvgIpc) is 2.96. The van der Waals surface area contributed by atoms with Crippen LogP contribution < -0.4 is 15.5 Å². The summed E-state index contributed by atoms with van der Waals surface area (Å²) in [6.45, 7) is 4.44. The molecule has 0 aliphatic carbocycles. The van der Waals surface area contributed by atoms with E-state index >= 15 is 0 Å². The number of nitrogens with one attached hydrogen (secondary N) is 2. The Morgan fingerprint density at radius 3 is 2.48 bits per heavy atom. The molecule has 0 saturated carbocycles. The molecule has 1 aliphatic heterocycles. The zero-order valence-electron chi connectivity index (χ0n) is 14.5. The molecule has 1 saturated heterocycles. The molecule has 5 heteroatoms. The normalized spacial score (nSPS) is 18.1. The van der Waals surface area contributed by atoms with Gasteiger partial charge >= 0.3 is 6.03 Å². The van der Waals surface area contributed by atoms with Crippen molar-refractivity contribution in [2.45, 2.75) is 32.4 Å². The number of carbonyl (C=O) groups excluding carboxylic acids is 2. The predicted molar refractivity (Wildman–Crippen MR) is 98.5 cm³/mol. The number of hydrogen-bond acceptors (Lipinski definition) is 2. The van der Waals surface area contributed by atoms with E-state index in [2.05, 4.69) is 10.6 Å². The van der Waals surface area contributed by atoms with Crippen molar-refractivity contribution < 1.29 is 9.59 Å². The highest BCUT2D eigenvalue weighted by molar-refractivity contribution is 5.96. The van der Waals surface area contributed by atoms with Gasteiger partial charge in [0.1, 0.15) is 0 Å². The van der Waals surface area contributed by atoms with E-state index in [-0.39, 0.29) is 24.0 Å². The molecule has 2 aromatic carbocycles. The summed E-state index contributed by atoms with van der Waals surface area (Å²) in [5.74, 6) is 0.0326. The van der Waals surface area contributed by atoms with Crippen molar-refractivity contribution in [3.63, 3.8) is 0 Å². The Kier molecular flexibility index (Phi) is 5.03. The van der Waals surface area contributed by atoms with Gasteiger partial charge in [-0.25, -0.2) is 4.79 Å². The number of urea groups is 1. The van der Waals surface area contributed by atoms with E-state index in [9.17, 15) is 9.59 Å². The smallest absolute Gasteiger partial charge is 0.315 e. The molecule has 130 valence electrons. The van der Waals surface area contributed by atoms with Crippen molar-refractivity contribution in [2.75, 3.05) is 11.4 Å². The molecule has 0 unspecified atom stereocenters. The van der Waals surface area contributed by atoms with E-state index in [1.165, 1.54) is 0 Å². The highest BCUT2D eigenvalue weighted by atomic mass is 16.2. The first kappa shape index (κ1) is 17.0. The molecule has 25 heavy (non-hydrogen) atoms. The van der Waals surface area contributed by atoms with Crippen molar-refractivity contribution in [1.29, 1.82) is 0 Å². The Bertz CT molecular complexity index is 743. The van der Waals surface area contributed by atoms with Gasteiger partial charge in [-0.05, 0) is 31.5 Å². The minimum absolute atomic E-state index is 0.0326. The van der Waals surface area contributed by atoms with Gasteiger partial charge in [0.05, 0.1) is 12.1 Å². The molecule has 1 fully saturated rings. The number of benzene rings is 2. The van der Waals surface area contributed by atoms with Crippen molar-refractivity contribution in [2.24, 2.45) is 0 Å². The van der Waals surface area contributed by atoms with Gasteiger partial charge in [0, 0.05) is 18.7 Å². The van der Waals surface area contributed by atoms with Crippen LogP contribution in [0.1, 0.15) is 30.5 Å². The van der Waals surface area contributed by atoms with Gasteiger partial charge in [-0.3, -0.25) is 4.79 Å². The fraction of sp³-hybridized carbons (Fsp3) is 0.300. The number of amides is 3. The van der Waals surface area contributed by atoms with Crippen LogP contribution in [0.4, 0.5) is 10.5 Å². The van der Waals surface area contributed by atoms with Crippen molar-refractivity contribution in [1.82, 2.24) is 10.6 Å². The predicted octanol–water partition coefficient (Wildman–Crippen LogP) is 3.16. The third kappa shape index (κ3) is 4.18. The summed E-state index contributed by atoms with van der Waals surface area (Å²) in [5.41, 5.74) is 3.07. The number of aryl methyl sites for hydroxylation is 1. The minimum atomic E-state index is -0.250. The topological polar surface area (TPSA) is 61.4 Å².